The molecule has 0 aliphatic rings. The third-order valence-corrected chi connectivity index (χ3v) is 4.50. The van der Waals surface area contributed by atoms with Gasteiger partial charge in [0.1, 0.15) is 16.9 Å². The number of hydrogen-bond donors (Lipinski definition) is 1. The molecular weight excluding hydrogens is 354 g/mol. The van der Waals surface area contributed by atoms with Crippen molar-refractivity contribution in [2.45, 2.75) is 13.8 Å². The molecule has 5 nitrogen and oxygen atoms in total. The van der Waals surface area contributed by atoms with E-state index in [1.807, 2.05) is 44.2 Å². The van der Waals surface area contributed by atoms with Crippen molar-refractivity contribution in [2.75, 3.05) is 11.9 Å². The van der Waals surface area contributed by atoms with E-state index in [0.717, 1.165) is 11.1 Å². The number of anilines is 1. The Morgan fingerprint density at radius 3 is 2.57 bits per heavy atom. The van der Waals surface area contributed by atoms with Crippen LogP contribution in [0, 0.1) is 13.8 Å². The van der Waals surface area contributed by atoms with Gasteiger partial charge in [-0.15, -0.1) is 0 Å². The minimum atomic E-state index is -0.293. The van der Waals surface area contributed by atoms with Crippen LogP contribution in [-0.4, -0.2) is 12.5 Å². The van der Waals surface area contributed by atoms with E-state index < -0.39 is 0 Å². The lowest BCUT2D eigenvalue weighted by molar-refractivity contribution is -0.118. The summed E-state index contributed by atoms with van der Waals surface area (Å²) < 4.78 is 11.4. The number of para-hydroxylation sites is 1. The van der Waals surface area contributed by atoms with Crippen LogP contribution >= 0.6 is 0 Å². The second-order valence-electron chi connectivity index (χ2n) is 6.75. The molecule has 1 amide bonds. The summed E-state index contributed by atoms with van der Waals surface area (Å²) in [6.07, 6.45) is 0. The molecule has 4 aromatic rings. The molecule has 0 aliphatic heterocycles. The van der Waals surface area contributed by atoms with Crippen molar-refractivity contribution >= 4 is 33.5 Å². The molecule has 0 bridgehead atoms. The van der Waals surface area contributed by atoms with Crippen molar-refractivity contribution in [1.29, 1.82) is 0 Å². The molecule has 0 spiro atoms. The summed E-state index contributed by atoms with van der Waals surface area (Å²) >= 11 is 0. The minimum absolute atomic E-state index is 0.0756. The van der Waals surface area contributed by atoms with Crippen molar-refractivity contribution in [3.05, 3.63) is 82.0 Å². The highest BCUT2D eigenvalue weighted by Gasteiger charge is 2.12. The zero-order valence-electron chi connectivity index (χ0n) is 15.6. The first-order chi connectivity index (χ1) is 13.5. The van der Waals surface area contributed by atoms with E-state index in [-0.39, 0.29) is 17.9 Å². The van der Waals surface area contributed by atoms with Gasteiger partial charge in [0.2, 0.25) is 5.43 Å². The Bertz CT molecular complexity index is 1240. The Morgan fingerprint density at radius 2 is 1.79 bits per heavy atom. The molecule has 1 N–H and O–H groups in total. The Labute approximate surface area is 161 Å². The van der Waals surface area contributed by atoms with Gasteiger partial charge in [-0.05, 0) is 55.3 Å². The topological polar surface area (TPSA) is 68.5 Å². The molecule has 0 saturated carbocycles. The molecule has 28 heavy (non-hydrogen) atoms. The van der Waals surface area contributed by atoms with E-state index in [0.29, 0.717) is 33.4 Å². The second-order valence-corrected chi connectivity index (χ2v) is 6.75. The summed E-state index contributed by atoms with van der Waals surface area (Å²) in [5.74, 6) is 0.331. The number of carbonyl (C=O) groups is 1. The third-order valence-electron chi connectivity index (χ3n) is 4.50. The molecule has 0 atom stereocenters. The van der Waals surface area contributed by atoms with E-state index in [9.17, 15) is 9.59 Å². The number of benzene rings is 3. The van der Waals surface area contributed by atoms with Gasteiger partial charge < -0.3 is 14.5 Å². The van der Waals surface area contributed by atoms with Gasteiger partial charge in [-0.2, -0.15) is 0 Å². The van der Waals surface area contributed by atoms with E-state index in [2.05, 4.69) is 5.32 Å². The Morgan fingerprint density at radius 1 is 1.00 bits per heavy atom. The normalized spacial score (nSPS) is 10.9. The number of rotatable bonds is 4. The van der Waals surface area contributed by atoms with Gasteiger partial charge >= 0.3 is 0 Å². The van der Waals surface area contributed by atoms with Gasteiger partial charge in [-0.25, -0.2) is 0 Å². The Kier molecular flexibility index (Phi) is 4.57. The lowest BCUT2D eigenvalue weighted by atomic mass is 10.1. The molecule has 3 aromatic carbocycles. The molecule has 0 unspecified atom stereocenters. The second kappa shape index (κ2) is 7.19. The van der Waals surface area contributed by atoms with Crippen LogP contribution in [0.1, 0.15) is 11.1 Å². The maximum absolute atomic E-state index is 12.8. The number of aryl methyl sites for hydroxylation is 2. The third kappa shape index (κ3) is 3.47. The lowest BCUT2D eigenvalue weighted by Crippen LogP contribution is -2.20. The molecule has 1 aromatic heterocycles. The highest BCUT2D eigenvalue weighted by Crippen LogP contribution is 2.25. The van der Waals surface area contributed by atoms with E-state index in [4.69, 9.17) is 9.15 Å². The maximum atomic E-state index is 12.8. The number of carbonyl (C=O) groups excluding carboxylic acids is 1. The van der Waals surface area contributed by atoms with Crippen LogP contribution in [-0.2, 0) is 4.79 Å². The summed E-state index contributed by atoms with van der Waals surface area (Å²) in [6.45, 7) is 3.75. The van der Waals surface area contributed by atoms with Crippen LogP contribution in [0.15, 0.2) is 69.9 Å². The Balaban J connectivity index is 1.61. The first-order valence-corrected chi connectivity index (χ1v) is 8.97. The van der Waals surface area contributed by atoms with Gasteiger partial charge in [-0.1, -0.05) is 24.3 Å². The van der Waals surface area contributed by atoms with Crippen molar-refractivity contribution in [2.24, 2.45) is 0 Å². The molecule has 140 valence electrons. The minimum Gasteiger partial charge on any atom is -0.484 e. The molecule has 1 heterocycles. The molecule has 5 heteroatoms. The fourth-order valence-electron chi connectivity index (χ4n) is 3.25. The van der Waals surface area contributed by atoms with E-state index >= 15 is 0 Å². The summed E-state index contributed by atoms with van der Waals surface area (Å²) in [5, 5.41) is 3.82. The van der Waals surface area contributed by atoms with Crippen molar-refractivity contribution in [3.8, 4) is 5.75 Å². The zero-order chi connectivity index (χ0) is 19.7. The largest absolute Gasteiger partial charge is 0.484 e. The smallest absolute Gasteiger partial charge is 0.262 e. The molecular formula is C23H19NO4. The van der Waals surface area contributed by atoms with Crippen LogP contribution < -0.4 is 15.5 Å². The number of ether oxygens (including phenoxy) is 1. The standard InChI is InChI=1S/C23H19NO4/c1-14-10-15(2)23-19(11-14)22(26)18-9-8-16(12-20(18)28-23)24-21(25)13-27-17-6-4-3-5-7-17/h3-12H,13H2,1-2H3,(H,24,25). The van der Waals surface area contributed by atoms with Crippen molar-refractivity contribution < 1.29 is 13.9 Å². The average molecular weight is 373 g/mol. The zero-order valence-corrected chi connectivity index (χ0v) is 15.6. The molecule has 0 aliphatic carbocycles. The summed E-state index contributed by atoms with van der Waals surface area (Å²) in [4.78, 5) is 25.0. The highest BCUT2D eigenvalue weighted by molar-refractivity contribution is 5.96. The average Bonchev–Trinajstić information content (AvgIpc) is 2.68. The molecule has 0 radical (unpaired) electrons. The van der Waals surface area contributed by atoms with E-state index in [1.54, 1.807) is 30.3 Å². The number of hydrogen-bond acceptors (Lipinski definition) is 4. The van der Waals surface area contributed by atoms with Gasteiger partial charge in [0.05, 0.1) is 10.8 Å². The first-order valence-electron chi connectivity index (χ1n) is 8.97. The molecule has 0 saturated heterocycles. The van der Waals surface area contributed by atoms with Gasteiger partial charge in [0.15, 0.2) is 6.61 Å². The van der Waals surface area contributed by atoms with Crippen LogP contribution in [0.25, 0.3) is 21.9 Å². The number of amides is 1. The summed E-state index contributed by atoms with van der Waals surface area (Å²) in [6, 6.07) is 18.0. The van der Waals surface area contributed by atoms with Crippen molar-refractivity contribution in [1.82, 2.24) is 0 Å². The highest BCUT2D eigenvalue weighted by atomic mass is 16.5. The van der Waals surface area contributed by atoms with Gasteiger partial charge in [-0.3, -0.25) is 9.59 Å². The van der Waals surface area contributed by atoms with Gasteiger partial charge in [0.25, 0.3) is 5.91 Å². The van der Waals surface area contributed by atoms with Crippen LogP contribution in [0.3, 0.4) is 0 Å². The molecule has 0 fully saturated rings. The lowest BCUT2D eigenvalue weighted by Gasteiger charge is -2.09. The summed E-state index contributed by atoms with van der Waals surface area (Å²) in [7, 11) is 0. The van der Waals surface area contributed by atoms with Crippen LogP contribution in [0.2, 0.25) is 0 Å². The molecule has 4 rings (SSSR count). The SMILES string of the molecule is Cc1cc(C)c2oc3cc(NC(=O)COc4ccccc4)ccc3c(=O)c2c1. The number of fused-ring (bicyclic) bond motifs is 2. The summed E-state index contributed by atoms with van der Waals surface area (Å²) in [5.41, 5.74) is 3.39. The Hall–Kier alpha value is -3.60. The fraction of sp³-hybridized carbons (Fsp3) is 0.130. The predicted octanol–water partition coefficient (Wildman–Crippen LogP) is 4.58. The fourth-order valence-corrected chi connectivity index (χ4v) is 3.25. The first kappa shape index (κ1) is 17.8. The quantitative estimate of drug-likeness (QED) is 0.532. The van der Waals surface area contributed by atoms with Crippen molar-refractivity contribution in [3.63, 3.8) is 0 Å². The van der Waals surface area contributed by atoms with Crippen LogP contribution in [0.5, 0.6) is 5.75 Å². The predicted molar refractivity (Wildman–Crippen MR) is 110 cm³/mol. The number of nitrogens with one attached hydrogen (secondary N) is 1. The van der Waals surface area contributed by atoms with E-state index in [1.165, 1.54) is 0 Å². The maximum Gasteiger partial charge on any atom is 0.262 e. The van der Waals surface area contributed by atoms with Gasteiger partial charge in [0, 0.05) is 11.8 Å². The monoisotopic (exact) mass is 373 g/mol. The van der Waals surface area contributed by atoms with Crippen LogP contribution in [0.4, 0.5) is 5.69 Å².